The second-order valence-electron chi connectivity index (χ2n) is 4.06. The number of para-hydroxylation sites is 1. The van der Waals surface area contributed by atoms with E-state index in [-0.39, 0.29) is 0 Å². The highest BCUT2D eigenvalue weighted by atomic mass is 16.5. The second kappa shape index (κ2) is 4.14. The number of benzene rings is 1. The van der Waals surface area contributed by atoms with E-state index in [9.17, 15) is 0 Å². The van der Waals surface area contributed by atoms with Gasteiger partial charge < -0.3 is 4.74 Å². The van der Waals surface area contributed by atoms with E-state index in [1.165, 1.54) is 0 Å². The van der Waals surface area contributed by atoms with Crippen LogP contribution in [0.15, 0.2) is 42.6 Å². The predicted octanol–water partition coefficient (Wildman–Crippen LogP) is 2.71. The average molecular weight is 239 g/mol. The molecule has 4 nitrogen and oxygen atoms in total. The van der Waals surface area contributed by atoms with Gasteiger partial charge in [-0.15, -0.1) is 0 Å². The minimum atomic E-state index is 0.745. The molecule has 0 bridgehead atoms. The van der Waals surface area contributed by atoms with Crippen LogP contribution in [0.5, 0.6) is 5.75 Å². The van der Waals surface area contributed by atoms with Crippen molar-refractivity contribution in [1.29, 1.82) is 0 Å². The summed E-state index contributed by atoms with van der Waals surface area (Å²) in [5, 5.41) is 4.44. The topological polar surface area (TPSA) is 39.4 Å². The summed E-state index contributed by atoms with van der Waals surface area (Å²) in [7, 11) is 1.68. The first kappa shape index (κ1) is 10.8. The standard InChI is InChI=1S/C14H13N3O/c1-10-15-9-11-7-8-13(17(11)16-10)12-5-3-4-6-14(12)18-2/h3-9H,1-2H3. The highest BCUT2D eigenvalue weighted by Crippen LogP contribution is 2.30. The first-order valence-corrected chi connectivity index (χ1v) is 5.74. The van der Waals surface area contributed by atoms with Crippen LogP contribution in [0, 0.1) is 6.92 Å². The molecule has 0 aliphatic heterocycles. The molecule has 0 aliphatic rings. The number of nitrogens with zero attached hydrogens (tertiary/aromatic N) is 3. The smallest absolute Gasteiger partial charge is 0.146 e. The van der Waals surface area contributed by atoms with Crippen molar-refractivity contribution in [1.82, 2.24) is 14.6 Å². The van der Waals surface area contributed by atoms with Crippen molar-refractivity contribution in [2.24, 2.45) is 0 Å². The first-order valence-electron chi connectivity index (χ1n) is 5.74. The molecule has 0 amide bonds. The summed E-state index contributed by atoms with van der Waals surface area (Å²) in [5.74, 6) is 1.59. The van der Waals surface area contributed by atoms with Crippen molar-refractivity contribution in [3.8, 4) is 17.0 Å². The van der Waals surface area contributed by atoms with Gasteiger partial charge in [0.25, 0.3) is 0 Å². The van der Waals surface area contributed by atoms with Crippen molar-refractivity contribution >= 4 is 5.52 Å². The summed E-state index contributed by atoms with van der Waals surface area (Å²) in [6.45, 7) is 1.88. The Kier molecular flexibility index (Phi) is 2.48. The highest BCUT2D eigenvalue weighted by molar-refractivity contribution is 5.71. The summed E-state index contributed by atoms with van der Waals surface area (Å²) in [4.78, 5) is 4.19. The van der Waals surface area contributed by atoms with E-state index in [0.717, 1.165) is 28.3 Å². The fourth-order valence-electron chi connectivity index (χ4n) is 2.04. The molecule has 90 valence electrons. The van der Waals surface area contributed by atoms with Gasteiger partial charge in [0.15, 0.2) is 0 Å². The molecular formula is C14H13N3O. The Bertz CT molecular complexity index is 703. The Hall–Kier alpha value is -2.36. The lowest BCUT2D eigenvalue weighted by Crippen LogP contribution is -1.99. The summed E-state index contributed by atoms with van der Waals surface area (Å²) in [6, 6.07) is 12.0. The number of hydrogen-bond donors (Lipinski definition) is 0. The van der Waals surface area contributed by atoms with E-state index in [0.29, 0.717) is 0 Å². The summed E-state index contributed by atoms with van der Waals surface area (Å²) < 4.78 is 7.28. The molecule has 0 spiro atoms. The Balaban J connectivity index is 2.28. The first-order chi connectivity index (χ1) is 8.79. The number of fused-ring (bicyclic) bond motifs is 1. The normalized spacial score (nSPS) is 10.8. The molecule has 2 aromatic heterocycles. The molecule has 0 fully saturated rings. The van der Waals surface area contributed by atoms with Crippen LogP contribution in [0.25, 0.3) is 16.8 Å². The largest absolute Gasteiger partial charge is 0.496 e. The molecule has 0 aliphatic carbocycles. The molecule has 3 rings (SSSR count). The van der Waals surface area contributed by atoms with E-state index in [1.807, 2.05) is 54.0 Å². The van der Waals surface area contributed by atoms with Gasteiger partial charge in [-0.25, -0.2) is 9.50 Å². The molecule has 0 unspecified atom stereocenters. The summed E-state index contributed by atoms with van der Waals surface area (Å²) in [5.41, 5.74) is 3.01. The van der Waals surface area contributed by atoms with Gasteiger partial charge in [0.05, 0.1) is 24.5 Å². The van der Waals surface area contributed by atoms with E-state index in [1.54, 1.807) is 7.11 Å². The number of hydrogen-bond acceptors (Lipinski definition) is 3. The third-order valence-electron chi connectivity index (χ3n) is 2.90. The Morgan fingerprint density at radius 2 is 1.94 bits per heavy atom. The summed E-state index contributed by atoms with van der Waals surface area (Å²) >= 11 is 0. The molecule has 0 saturated carbocycles. The molecule has 1 aromatic carbocycles. The summed E-state index contributed by atoms with van der Waals surface area (Å²) in [6.07, 6.45) is 1.82. The van der Waals surface area contributed by atoms with Gasteiger partial charge in [0, 0.05) is 5.56 Å². The van der Waals surface area contributed by atoms with Crippen LogP contribution in [0.3, 0.4) is 0 Å². The Labute approximate surface area is 105 Å². The zero-order valence-corrected chi connectivity index (χ0v) is 10.3. The van der Waals surface area contributed by atoms with Crippen LogP contribution in [0.4, 0.5) is 0 Å². The molecule has 0 saturated heterocycles. The molecule has 0 atom stereocenters. The molecular weight excluding hydrogens is 226 g/mol. The van der Waals surface area contributed by atoms with E-state index >= 15 is 0 Å². The van der Waals surface area contributed by atoms with Gasteiger partial charge in [-0.3, -0.25) is 0 Å². The van der Waals surface area contributed by atoms with E-state index < -0.39 is 0 Å². The van der Waals surface area contributed by atoms with Crippen molar-refractivity contribution in [2.45, 2.75) is 6.92 Å². The lowest BCUT2D eigenvalue weighted by molar-refractivity contribution is 0.416. The SMILES string of the molecule is COc1ccccc1-c1ccc2cnc(C)nn12. The quantitative estimate of drug-likeness (QED) is 0.690. The van der Waals surface area contributed by atoms with Crippen LogP contribution < -0.4 is 4.74 Å². The zero-order valence-electron chi connectivity index (χ0n) is 10.3. The average Bonchev–Trinajstić information content (AvgIpc) is 2.81. The van der Waals surface area contributed by atoms with E-state index in [4.69, 9.17) is 4.74 Å². The number of aromatic nitrogens is 3. The maximum absolute atomic E-state index is 5.39. The Morgan fingerprint density at radius 3 is 2.78 bits per heavy atom. The molecule has 2 heterocycles. The minimum absolute atomic E-state index is 0.745. The third kappa shape index (κ3) is 1.62. The van der Waals surface area contributed by atoms with Gasteiger partial charge in [-0.1, -0.05) is 12.1 Å². The third-order valence-corrected chi connectivity index (χ3v) is 2.90. The number of ether oxygens (including phenoxy) is 1. The number of methoxy groups -OCH3 is 1. The zero-order chi connectivity index (χ0) is 12.5. The molecule has 3 aromatic rings. The molecule has 0 N–H and O–H groups in total. The van der Waals surface area contributed by atoms with Crippen LogP contribution in [-0.4, -0.2) is 21.7 Å². The monoisotopic (exact) mass is 239 g/mol. The van der Waals surface area contributed by atoms with Crippen LogP contribution in [0.1, 0.15) is 5.82 Å². The Morgan fingerprint density at radius 1 is 1.11 bits per heavy atom. The molecule has 4 heteroatoms. The van der Waals surface area contributed by atoms with Crippen molar-refractivity contribution in [2.75, 3.05) is 7.11 Å². The molecule has 18 heavy (non-hydrogen) atoms. The van der Waals surface area contributed by atoms with Gasteiger partial charge in [0.2, 0.25) is 0 Å². The lowest BCUT2D eigenvalue weighted by atomic mass is 10.1. The molecule has 0 radical (unpaired) electrons. The van der Waals surface area contributed by atoms with Crippen molar-refractivity contribution < 1.29 is 4.74 Å². The van der Waals surface area contributed by atoms with E-state index in [2.05, 4.69) is 10.1 Å². The number of rotatable bonds is 2. The lowest BCUT2D eigenvalue weighted by Gasteiger charge is -2.08. The second-order valence-corrected chi connectivity index (χ2v) is 4.06. The van der Waals surface area contributed by atoms with Crippen LogP contribution in [0.2, 0.25) is 0 Å². The van der Waals surface area contributed by atoms with Crippen LogP contribution in [-0.2, 0) is 0 Å². The fraction of sp³-hybridized carbons (Fsp3) is 0.143. The maximum atomic E-state index is 5.39. The van der Waals surface area contributed by atoms with Crippen molar-refractivity contribution in [3.63, 3.8) is 0 Å². The van der Waals surface area contributed by atoms with Gasteiger partial charge in [-0.2, -0.15) is 5.10 Å². The minimum Gasteiger partial charge on any atom is -0.496 e. The van der Waals surface area contributed by atoms with Crippen molar-refractivity contribution in [3.05, 3.63) is 48.4 Å². The van der Waals surface area contributed by atoms with Gasteiger partial charge in [-0.05, 0) is 31.2 Å². The predicted molar refractivity (Wildman–Crippen MR) is 69.7 cm³/mol. The van der Waals surface area contributed by atoms with Gasteiger partial charge in [0.1, 0.15) is 11.6 Å². The van der Waals surface area contributed by atoms with Crippen LogP contribution >= 0.6 is 0 Å². The highest BCUT2D eigenvalue weighted by Gasteiger charge is 2.10. The van der Waals surface area contributed by atoms with Gasteiger partial charge >= 0.3 is 0 Å². The fourth-order valence-corrected chi connectivity index (χ4v) is 2.04. The maximum Gasteiger partial charge on any atom is 0.146 e. The number of aryl methyl sites for hydroxylation is 1.